The Kier molecular flexibility index (Phi) is 4.64. The predicted molar refractivity (Wildman–Crippen MR) is 64.2 cm³/mol. The van der Waals surface area contributed by atoms with Crippen LogP contribution in [0, 0.1) is 0 Å². The summed E-state index contributed by atoms with van der Waals surface area (Å²) in [6.45, 7) is 4.00. The zero-order chi connectivity index (χ0) is 12.0. The molecule has 3 N–H and O–H groups in total. The molecule has 1 aromatic carbocycles. The molecule has 0 saturated carbocycles. The van der Waals surface area contributed by atoms with E-state index in [0.717, 1.165) is 6.42 Å². The summed E-state index contributed by atoms with van der Waals surface area (Å²) < 4.78 is 5.30. The minimum Gasteiger partial charge on any atom is -0.484 e. The van der Waals surface area contributed by atoms with Gasteiger partial charge in [0.05, 0.1) is 0 Å². The van der Waals surface area contributed by atoms with E-state index in [9.17, 15) is 4.79 Å². The van der Waals surface area contributed by atoms with Gasteiger partial charge in [-0.05, 0) is 25.5 Å². The molecular weight excluding hydrogens is 204 g/mol. The molecule has 0 unspecified atom stereocenters. The maximum atomic E-state index is 11.4. The molecule has 0 aromatic heterocycles. The summed E-state index contributed by atoms with van der Waals surface area (Å²) in [5.74, 6) is 0.496. The van der Waals surface area contributed by atoms with Crippen LogP contribution in [0.1, 0.15) is 20.3 Å². The Morgan fingerprint density at radius 1 is 1.56 bits per heavy atom. The van der Waals surface area contributed by atoms with Gasteiger partial charge in [-0.1, -0.05) is 13.0 Å². The molecule has 4 heteroatoms. The number of nitrogens with two attached hydrogens (primary N) is 1. The number of nitrogen functional groups attached to an aromatic ring is 1. The van der Waals surface area contributed by atoms with Crippen LogP contribution in [-0.4, -0.2) is 18.6 Å². The predicted octanol–water partition coefficient (Wildman–Crippen LogP) is 1.56. The first-order valence-corrected chi connectivity index (χ1v) is 5.39. The van der Waals surface area contributed by atoms with Crippen molar-refractivity contribution in [2.24, 2.45) is 0 Å². The van der Waals surface area contributed by atoms with Gasteiger partial charge in [0.1, 0.15) is 5.75 Å². The van der Waals surface area contributed by atoms with Crippen molar-refractivity contribution < 1.29 is 9.53 Å². The molecule has 0 saturated heterocycles. The van der Waals surface area contributed by atoms with Crippen molar-refractivity contribution in [3.8, 4) is 5.75 Å². The third-order valence-corrected chi connectivity index (χ3v) is 2.25. The standard InChI is InChI=1S/C12H18N2O2/c1-3-9(2)14-12(15)8-16-11-6-4-5-10(13)7-11/h4-7,9H,3,8,13H2,1-2H3,(H,14,15)/t9-/m0/s1. The van der Waals surface area contributed by atoms with Crippen molar-refractivity contribution in [1.29, 1.82) is 0 Å². The molecule has 0 aliphatic heterocycles. The Balaban J connectivity index is 2.37. The molecule has 1 aromatic rings. The molecule has 88 valence electrons. The topological polar surface area (TPSA) is 64.3 Å². The summed E-state index contributed by atoms with van der Waals surface area (Å²) >= 11 is 0. The number of hydrogen-bond acceptors (Lipinski definition) is 3. The summed E-state index contributed by atoms with van der Waals surface area (Å²) in [5, 5.41) is 2.82. The first-order chi connectivity index (χ1) is 7.61. The Morgan fingerprint density at radius 3 is 2.94 bits per heavy atom. The first kappa shape index (κ1) is 12.4. The zero-order valence-corrected chi connectivity index (χ0v) is 9.69. The Labute approximate surface area is 95.8 Å². The van der Waals surface area contributed by atoms with Crippen LogP contribution < -0.4 is 15.8 Å². The van der Waals surface area contributed by atoms with Crippen LogP contribution in [-0.2, 0) is 4.79 Å². The Bertz CT molecular complexity index is 353. The van der Waals surface area contributed by atoms with Crippen LogP contribution in [0.4, 0.5) is 5.69 Å². The van der Waals surface area contributed by atoms with Gasteiger partial charge in [-0.3, -0.25) is 4.79 Å². The van der Waals surface area contributed by atoms with Crippen molar-refractivity contribution in [2.45, 2.75) is 26.3 Å². The highest BCUT2D eigenvalue weighted by atomic mass is 16.5. The van der Waals surface area contributed by atoms with Crippen LogP contribution in [0.25, 0.3) is 0 Å². The molecule has 4 nitrogen and oxygen atoms in total. The van der Waals surface area contributed by atoms with E-state index in [0.29, 0.717) is 11.4 Å². The van der Waals surface area contributed by atoms with Crippen molar-refractivity contribution in [3.05, 3.63) is 24.3 Å². The summed E-state index contributed by atoms with van der Waals surface area (Å²) in [5.41, 5.74) is 6.21. The van der Waals surface area contributed by atoms with Gasteiger partial charge in [-0.2, -0.15) is 0 Å². The maximum absolute atomic E-state index is 11.4. The molecule has 16 heavy (non-hydrogen) atoms. The smallest absolute Gasteiger partial charge is 0.258 e. The lowest BCUT2D eigenvalue weighted by Gasteiger charge is -2.12. The Hall–Kier alpha value is -1.71. The molecule has 0 aliphatic rings. The van der Waals surface area contributed by atoms with E-state index < -0.39 is 0 Å². The quantitative estimate of drug-likeness (QED) is 0.743. The minimum atomic E-state index is -0.114. The van der Waals surface area contributed by atoms with Gasteiger partial charge in [0, 0.05) is 17.8 Å². The van der Waals surface area contributed by atoms with E-state index in [1.54, 1.807) is 24.3 Å². The molecular formula is C12H18N2O2. The monoisotopic (exact) mass is 222 g/mol. The number of nitrogens with one attached hydrogen (secondary N) is 1. The molecule has 0 aliphatic carbocycles. The van der Waals surface area contributed by atoms with E-state index in [1.165, 1.54) is 0 Å². The number of carbonyl (C=O) groups is 1. The van der Waals surface area contributed by atoms with Gasteiger partial charge >= 0.3 is 0 Å². The van der Waals surface area contributed by atoms with Gasteiger partial charge in [0.2, 0.25) is 0 Å². The first-order valence-electron chi connectivity index (χ1n) is 5.39. The number of anilines is 1. The molecule has 0 heterocycles. The zero-order valence-electron chi connectivity index (χ0n) is 9.69. The maximum Gasteiger partial charge on any atom is 0.258 e. The fraction of sp³-hybridized carbons (Fsp3) is 0.417. The molecule has 1 atom stereocenters. The summed E-state index contributed by atoms with van der Waals surface area (Å²) in [7, 11) is 0. The second-order valence-corrected chi connectivity index (χ2v) is 3.74. The third-order valence-electron chi connectivity index (χ3n) is 2.25. The van der Waals surface area contributed by atoms with Crippen LogP contribution >= 0.6 is 0 Å². The van der Waals surface area contributed by atoms with E-state index in [2.05, 4.69) is 5.32 Å². The SMILES string of the molecule is CC[C@H](C)NC(=O)COc1cccc(N)c1. The average Bonchev–Trinajstić information content (AvgIpc) is 2.26. The van der Waals surface area contributed by atoms with Crippen molar-refractivity contribution >= 4 is 11.6 Å². The number of carbonyl (C=O) groups excluding carboxylic acids is 1. The van der Waals surface area contributed by atoms with Crippen molar-refractivity contribution in [1.82, 2.24) is 5.32 Å². The van der Waals surface area contributed by atoms with E-state index >= 15 is 0 Å². The minimum absolute atomic E-state index is 0.0216. The lowest BCUT2D eigenvalue weighted by atomic mass is 10.2. The van der Waals surface area contributed by atoms with Gasteiger partial charge in [-0.15, -0.1) is 0 Å². The number of hydrogen-bond donors (Lipinski definition) is 2. The average molecular weight is 222 g/mol. The van der Waals surface area contributed by atoms with Gasteiger partial charge < -0.3 is 15.8 Å². The van der Waals surface area contributed by atoms with Gasteiger partial charge in [-0.25, -0.2) is 0 Å². The molecule has 0 fully saturated rings. The second-order valence-electron chi connectivity index (χ2n) is 3.74. The number of benzene rings is 1. The number of rotatable bonds is 5. The lowest BCUT2D eigenvalue weighted by Crippen LogP contribution is -2.35. The largest absolute Gasteiger partial charge is 0.484 e. The van der Waals surface area contributed by atoms with Gasteiger partial charge in [0.25, 0.3) is 5.91 Å². The highest BCUT2D eigenvalue weighted by Gasteiger charge is 2.05. The van der Waals surface area contributed by atoms with Gasteiger partial charge in [0.15, 0.2) is 6.61 Å². The van der Waals surface area contributed by atoms with Crippen LogP contribution in [0.5, 0.6) is 5.75 Å². The van der Waals surface area contributed by atoms with E-state index in [1.807, 2.05) is 13.8 Å². The van der Waals surface area contributed by atoms with Crippen molar-refractivity contribution in [2.75, 3.05) is 12.3 Å². The summed E-state index contributed by atoms with van der Waals surface area (Å²) in [6.07, 6.45) is 0.907. The highest BCUT2D eigenvalue weighted by molar-refractivity contribution is 5.77. The molecule has 0 spiro atoms. The molecule has 1 amide bonds. The molecule has 1 rings (SSSR count). The Morgan fingerprint density at radius 2 is 2.31 bits per heavy atom. The normalized spacial score (nSPS) is 11.9. The molecule has 0 bridgehead atoms. The third kappa shape index (κ3) is 4.21. The molecule has 0 radical (unpaired) electrons. The fourth-order valence-electron chi connectivity index (χ4n) is 1.17. The van der Waals surface area contributed by atoms with Crippen molar-refractivity contribution in [3.63, 3.8) is 0 Å². The fourth-order valence-corrected chi connectivity index (χ4v) is 1.17. The second kappa shape index (κ2) is 6.00. The number of amides is 1. The summed E-state index contributed by atoms with van der Waals surface area (Å²) in [4.78, 5) is 11.4. The highest BCUT2D eigenvalue weighted by Crippen LogP contribution is 2.13. The number of ether oxygens (including phenoxy) is 1. The van der Waals surface area contributed by atoms with E-state index in [-0.39, 0.29) is 18.6 Å². The summed E-state index contributed by atoms with van der Waals surface area (Å²) in [6, 6.07) is 7.20. The van der Waals surface area contributed by atoms with Crippen LogP contribution in [0.15, 0.2) is 24.3 Å². The van der Waals surface area contributed by atoms with Crippen LogP contribution in [0.3, 0.4) is 0 Å². The van der Waals surface area contributed by atoms with Crippen LogP contribution in [0.2, 0.25) is 0 Å². The lowest BCUT2D eigenvalue weighted by molar-refractivity contribution is -0.123. The van der Waals surface area contributed by atoms with E-state index in [4.69, 9.17) is 10.5 Å².